The van der Waals surface area contributed by atoms with Crippen LogP contribution in [0.5, 0.6) is 0 Å². The summed E-state index contributed by atoms with van der Waals surface area (Å²) in [6.45, 7) is 41.2. The Morgan fingerprint density at radius 3 is 1.61 bits per heavy atom. The lowest BCUT2D eigenvalue weighted by Gasteiger charge is -2.48. The van der Waals surface area contributed by atoms with Gasteiger partial charge in [0, 0.05) is 48.5 Å². The highest BCUT2D eigenvalue weighted by atomic mass is 32.1. The minimum absolute atomic E-state index is 0.00659. The van der Waals surface area contributed by atoms with Gasteiger partial charge in [0.05, 0.1) is 11.4 Å². The molecule has 2 nitrogen and oxygen atoms in total. The Balaban J connectivity index is 1.27. The van der Waals surface area contributed by atoms with Crippen LogP contribution < -0.4 is 26.2 Å². The van der Waals surface area contributed by atoms with E-state index in [1.807, 2.05) is 11.3 Å². The molecule has 0 bridgehead atoms. The van der Waals surface area contributed by atoms with Crippen LogP contribution in [0.15, 0.2) is 121 Å². The molecule has 0 saturated heterocycles. The van der Waals surface area contributed by atoms with Crippen molar-refractivity contribution in [2.75, 3.05) is 9.80 Å². The van der Waals surface area contributed by atoms with Crippen molar-refractivity contribution in [1.82, 2.24) is 0 Å². The lowest BCUT2D eigenvalue weighted by atomic mass is 9.33. The first kappa shape index (κ1) is 49.3. The zero-order valence-electron chi connectivity index (χ0n) is 47.8. The van der Waals surface area contributed by atoms with Gasteiger partial charge in [-0.1, -0.05) is 184 Å². The highest BCUT2D eigenvalue weighted by Crippen LogP contribution is 2.55. The summed E-state index contributed by atoms with van der Waals surface area (Å²) in [5.74, 6) is 0. The summed E-state index contributed by atoms with van der Waals surface area (Å²) in [5.41, 5.74) is 24.6. The molecule has 0 amide bonds. The number of thiophene rings is 1. The quantitative estimate of drug-likeness (QED) is 0.163. The van der Waals surface area contributed by atoms with Crippen LogP contribution in [0.2, 0.25) is 0 Å². The van der Waals surface area contributed by atoms with Gasteiger partial charge in [0.1, 0.15) is 0 Å². The number of nitrogens with zero attached hydrogens (tertiary/aromatic N) is 2. The average Bonchev–Trinajstić information content (AvgIpc) is 3.77. The molecule has 7 aromatic carbocycles. The van der Waals surface area contributed by atoms with E-state index in [1.165, 1.54) is 146 Å². The van der Waals surface area contributed by atoms with Crippen LogP contribution in [-0.4, -0.2) is 6.71 Å². The van der Waals surface area contributed by atoms with E-state index in [9.17, 15) is 0 Å². The molecule has 378 valence electrons. The third kappa shape index (κ3) is 7.52. The van der Waals surface area contributed by atoms with Crippen LogP contribution in [0.4, 0.5) is 34.1 Å². The lowest BCUT2D eigenvalue weighted by Crippen LogP contribution is -2.62. The second-order valence-corrected chi connectivity index (χ2v) is 29.9. The number of benzene rings is 7. The van der Waals surface area contributed by atoms with Crippen molar-refractivity contribution in [1.29, 1.82) is 0 Å². The summed E-state index contributed by atoms with van der Waals surface area (Å²) in [5, 5.41) is 2.70. The average molecular weight is 991 g/mol. The van der Waals surface area contributed by atoms with Gasteiger partial charge in [-0.15, -0.1) is 11.3 Å². The van der Waals surface area contributed by atoms with Gasteiger partial charge in [-0.05, 0) is 179 Å². The zero-order valence-corrected chi connectivity index (χ0v) is 48.6. The molecule has 0 radical (unpaired) electrons. The van der Waals surface area contributed by atoms with Crippen LogP contribution in [0.25, 0.3) is 31.3 Å². The minimum Gasteiger partial charge on any atom is -0.311 e. The molecule has 4 heteroatoms. The molecule has 0 saturated carbocycles. The van der Waals surface area contributed by atoms with Crippen molar-refractivity contribution in [3.8, 4) is 11.1 Å². The predicted molar refractivity (Wildman–Crippen MR) is 325 cm³/mol. The van der Waals surface area contributed by atoms with Crippen molar-refractivity contribution in [2.24, 2.45) is 0 Å². The molecule has 12 rings (SSSR count). The molecule has 2 aliphatic heterocycles. The smallest absolute Gasteiger partial charge is 0.252 e. The Morgan fingerprint density at radius 2 is 0.986 bits per heavy atom. The molecule has 0 fully saturated rings. The number of rotatable bonds is 3. The molecule has 0 N–H and O–H groups in total. The first-order valence-corrected chi connectivity index (χ1v) is 28.7. The molecular weight excluding hydrogens is 912 g/mol. The largest absolute Gasteiger partial charge is 0.311 e. The van der Waals surface area contributed by atoms with E-state index < -0.39 is 0 Å². The molecule has 0 spiro atoms. The summed E-state index contributed by atoms with van der Waals surface area (Å²) < 4.78 is 2.69. The molecular formula is C70H79BN2S. The molecule has 0 atom stereocenters. The topological polar surface area (TPSA) is 6.48 Å². The van der Waals surface area contributed by atoms with Crippen molar-refractivity contribution in [2.45, 2.75) is 181 Å². The van der Waals surface area contributed by atoms with Crippen molar-refractivity contribution < 1.29 is 0 Å². The maximum Gasteiger partial charge on any atom is 0.252 e. The van der Waals surface area contributed by atoms with E-state index in [-0.39, 0.29) is 44.6 Å². The van der Waals surface area contributed by atoms with Crippen LogP contribution in [-0.2, 0) is 37.9 Å². The standard InChI is InChI=1S/C70H79BN2S/c1-64(2,3)43-24-29-55(48(35-43)42-21-19-18-20-22-42)73-58-37-45(66(7,8)9)36-57-62(58)71(53-28-30-59-61(63(53)73)47-26-23-44(65(4,5)6)38-60(47)74-59)54-40-51-52(70(16,17)34-33-69(51,14)15)41-56(54)72(57)46-25-27-49-50(39-46)68(12,13)32-31-67(49,10)11/h18-30,35-41H,31-34H2,1-17H3. The van der Waals surface area contributed by atoms with Gasteiger partial charge in [0.25, 0.3) is 6.71 Å². The molecule has 3 heterocycles. The normalized spacial score (nSPS) is 18.2. The van der Waals surface area contributed by atoms with E-state index >= 15 is 0 Å². The van der Waals surface area contributed by atoms with Crippen LogP contribution >= 0.6 is 11.3 Å². The summed E-state index contributed by atoms with van der Waals surface area (Å²) >= 11 is 1.96. The second kappa shape index (κ2) is 16.0. The number of hydrogen-bond donors (Lipinski definition) is 0. The summed E-state index contributed by atoms with van der Waals surface area (Å²) in [6, 6.07) is 49.2. The van der Waals surface area contributed by atoms with Crippen molar-refractivity contribution in [3.63, 3.8) is 0 Å². The molecule has 0 unspecified atom stereocenters. The molecule has 4 aliphatic rings. The minimum atomic E-state index is -0.147. The third-order valence-electron chi connectivity index (χ3n) is 18.7. The van der Waals surface area contributed by atoms with Crippen LogP contribution in [0.1, 0.15) is 182 Å². The second-order valence-electron chi connectivity index (χ2n) is 28.8. The summed E-state index contributed by atoms with van der Waals surface area (Å²) in [6.07, 6.45) is 4.71. The van der Waals surface area contributed by atoms with Gasteiger partial charge in [0.2, 0.25) is 0 Å². The Morgan fingerprint density at radius 1 is 0.432 bits per heavy atom. The number of fused-ring (bicyclic) bond motifs is 10. The van der Waals surface area contributed by atoms with Gasteiger partial charge < -0.3 is 9.80 Å². The number of anilines is 6. The Kier molecular flexibility index (Phi) is 10.7. The highest BCUT2D eigenvalue weighted by molar-refractivity contribution is 7.26. The summed E-state index contributed by atoms with van der Waals surface area (Å²) in [4.78, 5) is 5.50. The maximum atomic E-state index is 2.76. The Bertz CT molecular complexity index is 3630. The van der Waals surface area contributed by atoms with E-state index in [1.54, 1.807) is 0 Å². The van der Waals surface area contributed by atoms with Gasteiger partial charge >= 0.3 is 0 Å². The van der Waals surface area contributed by atoms with Gasteiger partial charge in [-0.25, -0.2) is 0 Å². The Hall–Kier alpha value is -5.58. The first-order valence-electron chi connectivity index (χ1n) is 27.9. The SMILES string of the molecule is CC(C)(C)c1ccc(N2c3cc(C(C)(C)C)cc4c3B(c3cc5c(cc3N4c3ccc4c(c3)C(C)(C)CCC4(C)C)C(C)(C)CCC5(C)C)c3ccc4sc5cc(C(C)(C)C)ccc5c4c32)c(-c2ccccc2)c1. The monoisotopic (exact) mass is 991 g/mol. The van der Waals surface area contributed by atoms with Crippen molar-refractivity contribution in [3.05, 3.63) is 160 Å². The maximum absolute atomic E-state index is 2.76. The van der Waals surface area contributed by atoms with E-state index in [0.717, 1.165) is 0 Å². The van der Waals surface area contributed by atoms with E-state index in [4.69, 9.17) is 0 Å². The van der Waals surface area contributed by atoms with Crippen LogP contribution in [0.3, 0.4) is 0 Å². The summed E-state index contributed by atoms with van der Waals surface area (Å²) in [7, 11) is 0. The lowest BCUT2D eigenvalue weighted by molar-refractivity contribution is 0.332. The third-order valence-corrected chi connectivity index (χ3v) is 19.8. The molecule has 74 heavy (non-hydrogen) atoms. The fourth-order valence-corrected chi connectivity index (χ4v) is 14.7. The Labute approximate surface area is 448 Å². The fraction of sp³-hybridized carbons (Fsp3) is 0.400. The zero-order chi connectivity index (χ0) is 52.6. The molecule has 1 aromatic heterocycles. The van der Waals surface area contributed by atoms with E-state index in [0.29, 0.717) is 0 Å². The van der Waals surface area contributed by atoms with Crippen LogP contribution in [0, 0.1) is 0 Å². The van der Waals surface area contributed by atoms with Gasteiger partial charge in [0.15, 0.2) is 0 Å². The van der Waals surface area contributed by atoms with Crippen molar-refractivity contribution >= 4 is 88.7 Å². The van der Waals surface area contributed by atoms with Gasteiger partial charge in [-0.3, -0.25) is 0 Å². The molecule has 2 aliphatic carbocycles. The predicted octanol–water partition coefficient (Wildman–Crippen LogP) is 18.4. The van der Waals surface area contributed by atoms with E-state index in [2.05, 4.69) is 249 Å². The first-order chi connectivity index (χ1) is 34.5. The fourth-order valence-electron chi connectivity index (χ4n) is 13.6. The molecule has 8 aromatic rings. The highest BCUT2D eigenvalue weighted by Gasteiger charge is 2.48. The van der Waals surface area contributed by atoms with Gasteiger partial charge in [-0.2, -0.15) is 0 Å². The number of hydrogen-bond acceptors (Lipinski definition) is 3.